The third-order valence-electron chi connectivity index (χ3n) is 5.28. The van der Waals surface area contributed by atoms with Crippen LogP contribution in [0.25, 0.3) is 0 Å². The van der Waals surface area contributed by atoms with Crippen molar-refractivity contribution in [2.75, 3.05) is 13.1 Å². The summed E-state index contributed by atoms with van der Waals surface area (Å²) in [5.74, 6) is -0.126. The van der Waals surface area contributed by atoms with E-state index in [0.29, 0.717) is 37.3 Å². The molecule has 6 nitrogen and oxygen atoms in total. The molecule has 1 unspecified atom stereocenters. The van der Waals surface area contributed by atoms with Crippen molar-refractivity contribution >= 4 is 15.6 Å². The SMILES string of the molecule is CC(=O)CCC(c1ncc[nH]1)S(=O)(=O)C1(c2ccc(F)cc2)CCNCC1. The number of H-pyrrole nitrogens is 1. The van der Waals surface area contributed by atoms with Crippen LogP contribution in [0, 0.1) is 5.82 Å². The molecule has 2 aromatic rings. The lowest BCUT2D eigenvalue weighted by Crippen LogP contribution is -2.47. The number of ketones is 1. The molecular weight excluding hydrogens is 369 g/mol. The van der Waals surface area contributed by atoms with E-state index in [0.717, 1.165) is 0 Å². The van der Waals surface area contributed by atoms with E-state index in [1.54, 1.807) is 18.3 Å². The molecule has 0 spiro atoms. The maximum Gasteiger partial charge on any atom is 0.170 e. The maximum atomic E-state index is 13.9. The van der Waals surface area contributed by atoms with Gasteiger partial charge in [0.2, 0.25) is 0 Å². The number of hydrogen-bond acceptors (Lipinski definition) is 5. The van der Waals surface area contributed by atoms with Gasteiger partial charge in [-0.05, 0) is 57.0 Å². The zero-order chi connectivity index (χ0) is 19.5. The first-order valence-corrected chi connectivity index (χ1v) is 10.6. The molecule has 2 heterocycles. The summed E-state index contributed by atoms with van der Waals surface area (Å²) in [4.78, 5) is 18.6. The summed E-state index contributed by atoms with van der Waals surface area (Å²) in [6.07, 6.45) is 4.19. The summed E-state index contributed by atoms with van der Waals surface area (Å²) >= 11 is 0. The minimum Gasteiger partial charge on any atom is -0.347 e. The Labute approximate surface area is 158 Å². The molecule has 0 amide bonds. The van der Waals surface area contributed by atoms with Crippen molar-refractivity contribution in [3.8, 4) is 0 Å². The van der Waals surface area contributed by atoms with E-state index in [1.165, 1.54) is 25.3 Å². The molecule has 8 heteroatoms. The zero-order valence-corrected chi connectivity index (χ0v) is 16.1. The molecule has 27 heavy (non-hydrogen) atoms. The molecule has 2 N–H and O–H groups in total. The second-order valence-corrected chi connectivity index (χ2v) is 9.44. The van der Waals surface area contributed by atoms with Crippen LogP contribution >= 0.6 is 0 Å². The van der Waals surface area contributed by atoms with Crippen molar-refractivity contribution in [1.82, 2.24) is 15.3 Å². The molecule has 1 aliphatic heterocycles. The Morgan fingerprint density at radius 1 is 1.26 bits per heavy atom. The van der Waals surface area contributed by atoms with Gasteiger partial charge in [0.15, 0.2) is 9.84 Å². The van der Waals surface area contributed by atoms with Gasteiger partial charge in [-0.3, -0.25) is 0 Å². The van der Waals surface area contributed by atoms with E-state index >= 15 is 0 Å². The molecule has 1 aromatic heterocycles. The molecule has 0 aliphatic carbocycles. The number of benzene rings is 1. The number of aromatic nitrogens is 2. The van der Waals surface area contributed by atoms with Gasteiger partial charge in [-0.2, -0.15) is 0 Å². The Bertz CT molecular complexity index is 873. The minimum absolute atomic E-state index is 0.0668. The number of rotatable bonds is 7. The lowest BCUT2D eigenvalue weighted by molar-refractivity contribution is -0.117. The molecule has 1 aromatic carbocycles. The lowest BCUT2D eigenvalue weighted by atomic mass is 9.89. The lowest BCUT2D eigenvalue weighted by Gasteiger charge is -2.39. The van der Waals surface area contributed by atoms with E-state index < -0.39 is 25.7 Å². The van der Waals surface area contributed by atoms with Crippen molar-refractivity contribution in [3.05, 3.63) is 53.9 Å². The molecular formula is C19H24FN3O3S. The summed E-state index contributed by atoms with van der Waals surface area (Å²) in [7, 11) is -3.78. The fraction of sp³-hybridized carbons (Fsp3) is 0.474. The van der Waals surface area contributed by atoms with E-state index in [-0.39, 0.29) is 18.6 Å². The van der Waals surface area contributed by atoms with Gasteiger partial charge in [-0.1, -0.05) is 12.1 Å². The van der Waals surface area contributed by atoms with Crippen molar-refractivity contribution in [2.45, 2.75) is 42.6 Å². The van der Waals surface area contributed by atoms with Crippen LogP contribution in [0.4, 0.5) is 4.39 Å². The second kappa shape index (κ2) is 7.90. The van der Waals surface area contributed by atoms with Crippen LogP contribution in [-0.2, 0) is 19.4 Å². The number of nitrogens with one attached hydrogen (secondary N) is 2. The van der Waals surface area contributed by atoms with Gasteiger partial charge < -0.3 is 15.1 Å². The van der Waals surface area contributed by atoms with E-state index in [1.807, 2.05) is 0 Å². The standard InChI is InChI=1S/C19H24FN3O3S/c1-14(24)2-7-17(18-22-12-13-23-18)27(25,26)19(8-10-21-11-9-19)15-3-5-16(20)6-4-15/h3-6,12-13,17,21H,2,7-11H2,1H3,(H,22,23). The van der Waals surface area contributed by atoms with Crippen molar-refractivity contribution in [3.63, 3.8) is 0 Å². The average molecular weight is 393 g/mol. The first kappa shape index (κ1) is 19.7. The Morgan fingerprint density at radius 2 is 1.93 bits per heavy atom. The third kappa shape index (κ3) is 3.82. The number of hydrogen-bond donors (Lipinski definition) is 2. The first-order chi connectivity index (χ1) is 12.9. The number of nitrogens with zero attached hydrogens (tertiary/aromatic N) is 1. The summed E-state index contributed by atoms with van der Waals surface area (Å²) in [6.45, 7) is 2.55. The number of carbonyl (C=O) groups excluding carboxylic acids is 1. The Morgan fingerprint density at radius 3 is 2.48 bits per heavy atom. The normalized spacial score (nSPS) is 18.1. The van der Waals surface area contributed by atoms with Gasteiger partial charge in [-0.25, -0.2) is 17.8 Å². The summed E-state index contributed by atoms with van der Waals surface area (Å²) in [5.41, 5.74) is 0.588. The number of halogens is 1. The molecule has 1 saturated heterocycles. The zero-order valence-electron chi connectivity index (χ0n) is 15.2. The van der Waals surface area contributed by atoms with Crippen LogP contribution in [0.5, 0.6) is 0 Å². The Kier molecular flexibility index (Phi) is 5.76. The number of Topliss-reactive ketones (excluding diaryl/α,β-unsaturated/α-hetero) is 1. The monoisotopic (exact) mass is 393 g/mol. The van der Waals surface area contributed by atoms with Crippen LogP contribution in [0.2, 0.25) is 0 Å². The molecule has 0 saturated carbocycles. The van der Waals surface area contributed by atoms with Gasteiger partial charge in [0.25, 0.3) is 0 Å². The second-order valence-electron chi connectivity index (χ2n) is 7.00. The average Bonchev–Trinajstić information content (AvgIpc) is 3.16. The topological polar surface area (TPSA) is 91.9 Å². The maximum absolute atomic E-state index is 13.9. The summed E-state index contributed by atoms with van der Waals surface area (Å²) < 4.78 is 40.1. The van der Waals surface area contributed by atoms with Gasteiger partial charge in [0.1, 0.15) is 27.4 Å². The van der Waals surface area contributed by atoms with Crippen molar-refractivity contribution < 1.29 is 17.6 Å². The summed E-state index contributed by atoms with van der Waals surface area (Å²) in [6, 6.07) is 5.71. The molecule has 0 radical (unpaired) electrons. The first-order valence-electron chi connectivity index (χ1n) is 9.06. The van der Waals surface area contributed by atoms with Crippen LogP contribution in [0.15, 0.2) is 36.7 Å². The highest BCUT2D eigenvalue weighted by Crippen LogP contribution is 2.46. The number of sulfone groups is 1. The van der Waals surface area contributed by atoms with E-state index in [4.69, 9.17) is 0 Å². The van der Waals surface area contributed by atoms with Crippen LogP contribution in [0.1, 0.15) is 49.2 Å². The highest BCUT2D eigenvalue weighted by atomic mass is 32.2. The van der Waals surface area contributed by atoms with Gasteiger partial charge >= 0.3 is 0 Å². The molecule has 1 aliphatic rings. The molecule has 1 atom stereocenters. The molecule has 0 bridgehead atoms. The van der Waals surface area contributed by atoms with E-state index in [9.17, 15) is 17.6 Å². The summed E-state index contributed by atoms with van der Waals surface area (Å²) in [5, 5.41) is 2.28. The van der Waals surface area contributed by atoms with Crippen molar-refractivity contribution in [2.24, 2.45) is 0 Å². The smallest absolute Gasteiger partial charge is 0.170 e. The Balaban J connectivity index is 2.10. The number of carbonyl (C=O) groups is 1. The minimum atomic E-state index is -3.78. The highest BCUT2D eigenvalue weighted by molar-refractivity contribution is 7.92. The highest BCUT2D eigenvalue weighted by Gasteiger charge is 2.50. The quantitative estimate of drug-likeness (QED) is 0.755. The van der Waals surface area contributed by atoms with Gasteiger partial charge in [0, 0.05) is 18.8 Å². The number of piperidine rings is 1. The van der Waals surface area contributed by atoms with Crippen LogP contribution in [0.3, 0.4) is 0 Å². The number of aromatic amines is 1. The van der Waals surface area contributed by atoms with Gasteiger partial charge in [0.05, 0.1) is 0 Å². The molecule has 146 valence electrons. The Hall–Kier alpha value is -2.06. The fourth-order valence-corrected chi connectivity index (χ4v) is 6.45. The van der Waals surface area contributed by atoms with Crippen LogP contribution in [-0.4, -0.2) is 37.3 Å². The predicted octanol–water partition coefficient (Wildman–Crippen LogP) is 2.65. The molecule has 3 rings (SSSR count). The fourth-order valence-electron chi connectivity index (χ4n) is 3.82. The predicted molar refractivity (Wildman–Crippen MR) is 100 cm³/mol. The van der Waals surface area contributed by atoms with E-state index in [2.05, 4.69) is 15.3 Å². The number of imidazole rings is 1. The largest absolute Gasteiger partial charge is 0.347 e. The van der Waals surface area contributed by atoms with Crippen molar-refractivity contribution in [1.29, 1.82) is 0 Å². The third-order valence-corrected chi connectivity index (χ3v) is 8.22. The molecule has 1 fully saturated rings. The van der Waals surface area contributed by atoms with Crippen LogP contribution < -0.4 is 5.32 Å². The van der Waals surface area contributed by atoms with Gasteiger partial charge in [-0.15, -0.1) is 0 Å².